The van der Waals surface area contributed by atoms with Gasteiger partial charge in [-0.3, -0.25) is 4.79 Å². The Morgan fingerprint density at radius 1 is 1.00 bits per heavy atom. The number of thioether (sulfide) groups is 1. The van der Waals surface area contributed by atoms with Crippen LogP contribution in [-0.4, -0.2) is 22.3 Å². The minimum Gasteiger partial charge on any atom is -0.488 e. The van der Waals surface area contributed by atoms with Crippen LogP contribution in [0.5, 0.6) is 5.75 Å². The Morgan fingerprint density at radius 3 is 2.50 bits per heavy atom. The standard InChI is InChI=1S/C30H31BrN2O2S/c1-21-9-5-7-13-26(21)33-29(34)28(36-30(33)32-25-11-3-2-4-12-25)19-23-10-6-8-14-27(23)35-20-22-15-17-24(31)18-16-22/h2-4,6,8,10-12,14-19,21,26,30,32H,5,7,9,13,20H2,1H3/b28-19-/t21-,26-,30?/m1/s1. The van der Waals surface area contributed by atoms with Gasteiger partial charge in [0.05, 0.1) is 4.91 Å². The van der Waals surface area contributed by atoms with E-state index in [2.05, 4.69) is 45.2 Å². The van der Waals surface area contributed by atoms with Crippen LogP contribution in [0.4, 0.5) is 5.69 Å². The first-order chi connectivity index (χ1) is 17.6. The zero-order valence-electron chi connectivity index (χ0n) is 20.4. The fourth-order valence-electron chi connectivity index (χ4n) is 4.98. The minimum atomic E-state index is -0.132. The number of hydrogen-bond donors (Lipinski definition) is 1. The van der Waals surface area contributed by atoms with Crippen LogP contribution < -0.4 is 10.1 Å². The van der Waals surface area contributed by atoms with E-state index >= 15 is 0 Å². The van der Waals surface area contributed by atoms with Crippen molar-refractivity contribution in [3.63, 3.8) is 0 Å². The molecule has 1 aliphatic heterocycles. The summed E-state index contributed by atoms with van der Waals surface area (Å²) in [4.78, 5) is 16.7. The summed E-state index contributed by atoms with van der Waals surface area (Å²) in [5.41, 5.74) is 2.90. The molecule has 0 bridgehead atoms. The Hall–Kier alpha value is -2.70. The van der Waals surface area contributed by atoms with E-state index in [1.807, 2.05) is 72.8 Å². The van der Waals surface area contributed by atoms with Gasteiger partial charge < -0.3 is 15.0 Å². The molecule has 1 heterocycles. The lowest BCUT2D eigenvalue weighted by Gasteiger charge is -2.39. The first-order valence-electron chi connectivity index (χ1n) is 12.6. The highest BCUT2D eigenvalue weighted by Gasteiger charge is 2.43. The summed E-state index contributed by atoms with van der Waals surface area (Å²) in [5, 5.41) is 3.61. The van der Waals surface area contributed by atoms with Crippen molar-refractivity contribution in [2.75, 3.05) is 5.32 Å². The van der Waals surface area contributed by atoms with Crippen molar-refractivity contribution in [3.8, 4) is 5.75 Å². The van der Waals surface area contributed by atoms with E-state index in [-0.39, 0.29) is 17.4 Å². The molecule has 3 atom stereocenters. The van der Waals surface area contributed by atoms with Crippen molar-refractivity contribution >= 4 is 45.4 Å². The van der Waals surface area contributed by atoms with Crippen molar-refractivity contribution < 1.29 is 9.53 Å². The van der Waals surface area contributed by atoms with Crippen LogP contribution in [0.15, 0.2) is 88.2 Å². The summed E-state index contributed by atoms with van der Waals surface area (Å²) in [6.45, 7) is 2.76. The first-order valence-corrected chi connectivity index (χ1v) is 14.2. The summed E-state index contributed by atoms with van der Waals surface area (Å²) < 4.78 is 7.23. The fourth-order valence-corrected chi connectivity index (χ4v) is 6.45. The van der Waals surface area contributed by atoms with E-state index in [0.717, 1.165) is 38.4 Å². The number of benzene rings is 3. The smallest absolute Gasteiger partial charge is 0.262 e. The molecule has 1 saturated carbocycles. The van der Waals surface area contributed by atoms with E-state index in [4.69, 9.17) is 4.74 Å². The summed E-state index contributed by atoms with van der Waals surface area (Å²) in [7, 11) is 0. The third-order valence-electron chi connectivity index (χ3n) is 6.94. The Balaban J connectivity index is 1.40. The van der Waals surface area contributed by atoms with Crippen molar-refractivity contribution in [3.05, 3.63) is 99.4 Å². The number of para-hydroxylation sites is 2. The molecule has 0 spiro atoms. The Bertz CT molecular complexity index is 1220. The van der Waals surface area contributed by atoms with Gasteiger partial charge in [-0.15, -0.1) is 0 Å². The molecule has 1 amide bonds. The number of nitrogens with zero attached hydrogens (tertiary/aromatic N) is 1. The Kier molecular flexibility index (Phi) is 8.02. The average molecular weight is 564 g/mol. The summed E-state index contributed by atoms with van der Waals surface area (Å²) >= 11 is 5.08. The predicted molar refractivity (Wildman–Crippen MR) is 153 cm³/mol. The molecule has 3 aromatic rings. The van der Waals surface area contributed by atoms with Crippen LogP contribution in [0, 0.1) is 5.92 Å². The van der Waals surface area contributed by atoms with Crippen LogP contribution in [0.25, 0.3) is 6.08 Å². The maximum Gasteiger partial charge on any atom is 0.262 e. The molecule has 186 valence electrons. The van der Waals surface area contributed by atoms with Crippen LogP contribution in [-0.2, 0) is 11.4 Å². The first kappa shape index (κ1) is 25.0. The number of carbonyl (C=O) groups excluding carboxylic acids is 1. The maximum absolute atomic E-state index is 13.8. The SMILES string of the molecule is C[C@@H]1CCCC[C@H]1N1C(=O)/C(=C/c2ccccc2OCc2ccc(Br)cc2)SC1Nc1ccccc1. The molecule has 36 heavy (non-hydrogen) atoms. The summed E-state index contributed by atoms with van der Waals surface area (Å²) in [5.74, 6) is 1.37. The number of rotatable bonds is 7. The zero-order valence-corrected chi connectivity index (χ0v) is 22.8. The Morgan fingerprint density at radius 2 is 1.72 bits per heavy atom. The zero-order chi connectivity index (χ0) is 24.9. The van der Waals surface area contributed by atoms with Gasteiger partial charge in [0.1, 0.15) is 12.4 Å². The van der Waals surface area contributed by atoms with Crippen LogP contribution in [0.3, 0.4) is 0 Å². The average Bonchev–Trinajstić information content (AvgIpc) is 3.19. The number of halogens is 1. The van der Waals surface area contributed by atoms with Gasteiger partial charge in [-0.25, -0.2) is 0 Å². The van der Waals surface area contributed by atoms with E-state index in [1.165, 1.54) is 19.3 Å². The number of amides is 1. The van der Waals surface area contributed by atoms with Crippen LogP contribution in [0.1, 0.15) is 43.7 Å². The maximum atomic E-state index is 13.8. The largest absolute Gasteiger partial charge is 0.488 e. The molecule has 6 heteroatoms. The number of carbonyl (C=O) groups is 1. The number of anilines is 1. The predicted octanol–water partition coefficient (Wildman–Crippen LogP) is 7.92. The highest BCUT2D eigenvalue weighted by Crippen LogP contribution is 2.42. The summed E-state index contributed by atoms with van der Waals surface area (Å²) in [6, 6.07) is 26.5. The fraction of sp³-hybridized carbons (Fsp3) is 0.300. The number of nitrogens with one attached hydrogen (secondary N) is 1. The second-order valence-electron chi connectivity index (χ2n) is 9.48. The lowest BCUT2D eigenvalue weighted by molar-refractivity contribution is -0.129. The van der Waals surface area contributed by atoms with Gasteiger partial charge in [-0.2, -0.15) is 0 Å². The minimum absolute atomic E-state index is 0.106. The van der Waals surface area contributed by atoms with E-state index < -0.39 is 0 Å². The topological polar surface area (TPSA) is 41.6 Å². The normalized spacial score (nSPS) is 23.2. The molecular formula is C30H31BrN2O2S. The molecule has 1 aliphatic carbocycles. The van der Waals surface area contributed by atoms with Gasteiger partial charge in [0, 0.05) is 21.8 Å². The molecular weight excluding hydrogens is 532 g/mol. The highest BCUT2D eigenvalue weighted by molar-refractivity contribution is 9.10. The van der Waals surface area contributed by atoms with E-state index in [1.54, 1.807) is 11.8 Å². The van der Waals surface area contributed by atoms with Gasteiger partial charge in [0.2, 0.25) is 0 Å². The van der Waals surface area contributed by atoms with Crippen molar-refractivity contribution in [2.45, 2.75) is 50.8 Å². The van der Waals surface area contributed by atoms with Gasteiger partial charge >= 0.3 is 0 Å². The molecule has 1 N–H and O–H groups in total. The second kappa shape index (κ2) is 11.6. The Labute approximate surface area is 226 Å². The van der Waals surface area contributed by atoms with E-state index in [0.29, 0.717) is 12.5 Å². The van der Waals surface area contributed by atoms with Crippen LogP contribution >= 0.6 is 27.7 Å². The molecule has 5 rings (SSSR count). The molecule has 2 aliphatic rings. The lowest BCUT2D eigenvalue weighted by atomic mass is 9.85. The molecule has 0 radical (unpaired) electrons. The van der Waals surface area contributed by atoms with E-state index in [9.17, 15) is 4.79 Å². The van der Waals surface area contributed by atoms with Gasteiger partial charge in [-0.05, 0) is 60.7 Å². The lowest BCUT2D eigenvalue weighted by Crippen LogP contribution is -2.48. The number of ether oxygens (including phenoxy) is 1. The molecule has 1 unspecified atom stereocenters. The van der Waals surface area contributed by atoms with Gasteiger partial charge in [-0.1, -0.05) is 96.0 Å². The highest BCUT2D eigenvalue weighted by atomic mass is 79.9. The second-order valence-corrected chi connectivity index (χ2v) is 11.5. The third kappa shape index (κ3) is 5.81. The van der Waals surface area contributed by atoms with Crippen molar-refractivity contribution in [1.82, 2.24) is 4.90 Å². The van der Waals surface area contributed by atoms with Gasteiger partial charge in [0.15, 0.2) is 5.50 Å². The van der Waals surface area contributed by atoms with Crippen molar-refractivity contribution in [1.29, 1.82) is 0 Å². The third-order valence-corrected chi connectivity index (χ3v) is 8.58. The quantitative estimate of drug-likeness (QED) is 0.297. The molecule has 1 saturated heterocycles. The van der Waals surface area contributed by atoms with Crippen LogP contribution in [0.2, 0.25) is 0 Å². The van der Waals surface area contributed by atoms with Crippen molar-refractivity contribution in [2.24, 2.45) is 5.92 Å². The number of hydrogen-bond acceptors (Lipinski definition) is 4. The van der Waals surface area contributed by atoms with Gasteiger partial charge in [0.25, 0.3) is 5.91 Å². The summed E-state index contributed by atoms with van der Waals surface area (Å²) in [6.07, 6.45) is 6.64. The molecule has 3 aromatic carbocycles. The molecule has 2 fully saturated rings. The molecule has 0 aromatic heterocycles. The monoisotopic (exact) mass is 562 g/mol. The molecule has 4 nitrogen and oxygen atoms in total.